The minimum absolute atomic E-state index is 0.0777. The summed E-state index contributed by atoms with van der Waals surface area (Å²) >= 11 is 3.42. The van der Waals surface area contributed by atoms with Gasteiger partial charge in [0.05, 0.1) is 12.0 Å². The number of benzene rings is 2. The van der Waals surface area contributed by atoms with Crippen molar-refractivity contribution in [2.24, 2.45) is 0 Å². The first-order valence-electron chi connectivity index (χ1n) is 5.89. The van der Waals surface area contributed by atoms with Crippen molar-refractivity contribution in [3.8, 4) is 6.07 Å². The van der Waals surface area contributed by atoms with Crippen LogP contribution in [0.3, 0.4) is 0 Å². The summed E-state index contributed by atoms with van der Waals surface area (Å²) < 4.78 is 1.07. The van der Waals surface area contributed by atoms with Gasteiger partial charge in [-0.25, -0.2) is 0 Å². The second-order valence-electron chi connectivity index (χ2n) is 4.43. The molecule has 0 fully saturated rings. The summed E-state index contributed by atoms with van der Waals surface area (Å²) in [5, 5.41) is 9.33. The van der Waals surface area contributed by atoms with E-state index in [1.807, 2.05) is 24.3 Å². The fourth-order valence-corrected chi connectivity index (χ4v) is 2.25. The fraction of sp³-hybridized carbons (Fsp3) is 0.188. The third kappa shape index (κ3) is 3.21. The van der Waals surface area contributed by atoms with E-state index in [-0.39, 0.29) is 5.92 Å². The summed E-state index contributed by atoms with van der Waals surface area (Å²) in [5.41, 5.74) is 3.48. The molecular formula is C16H14BrN. The number of halogens is 1. The third-order valence-corrected chi connectivity index (χ3v) is 3.48. The van der Waals surface area contributed by atoms with Crippen LogP contribution in [0.15, 0.2) is 53.0 Å². The SMILES string of the molecule is Cc1cccc(C(C#N)Cc2ccc(Br)cc2)c1. The Balaban J connectivity index is 2.20. The topological polar surface area (TPSA) is 23.8 Å². The molecule has 0 aliphatic carbocycles. The molecule has 0 amide bonds. The molecule has 2 rings (SSSR count). The Labute approximate surface area is 116 Å². The quantitative estimate of drug-likeness (QED) is 0.812. The molecule has 90 valence electrons. The van der Waals surface area contributed by atoms with Crippen LogP contribution in [-0.2, 0) is 6.42 Å². The van der Waals surface area contributed by atoms with Crippen LogP contribution >= 0.6 is 15.9 Å². The van der Waals surface area contributed by atoms with Crippen LogP contribution in [0, 0.1) is 18.3 Å². The summed E-state index contributed by atoms with van der Waals surface area (Å²) in [6.07, 6.45) is 0.757. The van der Waals surface area contributed by atoms with Crippen LogP contribution in [0.25, 0.3) is 0 Å². The van der Waals surface area contributed by atoms with E-state index in [0.717, 1.165) is 16.5 Å². The van der Waals surface area contributed by atoms with Crippen molar-refractivity contribution in [2.45, 2.75) is 19.3 Å². The standard InChI is InChI=1S/C16H14BrN/c1-12-3-2-4-14(9-12)15(11-18)10-13-5-7-16(17)8-6-13/h2-9,15H,10H2,1H3. The zero-order valence-electron chi connectivity index (χ0n) is 10.2. The van der Waals surface area contributed by atoms with Crippen LogP contribution in [0.2, 0.25) is 0 Å². The number of hydrogen-bond acceptors (Lipinski definition) is 1. The molecule has 2 aromatic rings. The Morgan fingerprint density at radius 1 is 1.17 bits per heavy atom. The molecule has 0 aromatic heterocycles. The minimum atomic E-state index is -0.0777. The number of nitriles is 1. The summed E-state index contributed by atoms with van der Waals surface area (Å²) in [6.45, 7) is 2.05. The molecule has 0 aliphatic rings. The predicted molar refractivity (Wildman–Crippen MR) is 77.4 cm³/mol. The highest BCUT2D eigenvalue weighted by atomic mass is 79.9. The van der Waals surface area contributed by atoms with Crippen LogP contribution in [0.5, 0.6) is 0 Å². The van der Waals surface area contributed by atoms with Crippen molar-refractivity contribution in [3.63, 3.8) is 0 Å². The van der Waals surface area contributed by atoms with E-state index in [1.165, 1.54) is 11.1 Å². The normalized spacial score (nSPS) is 11.8. The molecule has 0 spiro atoms. The van der Waals surface area contributed by atoms with Gasteiger partial charge in [0.2, 0.25) is 0 Å². The molecule has 0 N–H and O–H groups in total. The maximum atomic E-state index is 9.33. The first kappa shape index (κ1) is 12.9. The Hall–Kier alpha value is -1.59. The average Bonchev–Trinajstić information content (AvgIpc) is 2.38. The molecule has 2 heteroatoms. The van der Waals surface area contributed by atoms with Gasteiger partial charge in [0.1, 0.15) is 0 Å². The minimum Gasteiger partial charge on any atom is -0.198 e. The van der Waals surface area contributed by atoms with E-state index in [2.05, 4.69) is 53.2 Å². The summed E-state index contributed by atoms with van der Waals surface area (Å²) in [5.74, 6) is -0.0777. The lowest BCUT2D eigenvalue weighted by Crippen LogP contribution is -2.00. The van der Waals surface area contributed by atoms with Crippen molar-refractivity contribution in [2.75, 3.05) is 0 Å². The molecule has 1 nitrogen and oxygen atoms in total. The number of aryl methyl sites for hydroxylation is 1. The molecule has 0 saturated carbocycles. The van der Waals surface area contributed by atoms with Crippen LogP contribution in [0.1, 0.15) is 22.6 Å². The number of hydrogen-bond donors (Lipinski definition) is 0. The van der Waals surface area contributed by atoms with Gasteiger partial charge in [-0.3, -0.25) is 0 Å². The zero-order chi connectivity index (χ0) is 13.0. The number of rotatable bonds is 3. The Bertz CT molecular complexity index is 566. The summed E-state index contributed by atoms with van der Waals surface area (Å²) in [7, 11) is 0. The van der Waals surface area contributed by atoms with Gasteiger partial charge in [0.25, 0.3) is 0 Å². The maximum Gasteiger partial charge on any atom is 0.0753 e. The van der Waals surface area contributed by atoms with Crippen molar-refractivity contribution in [1.29, 1.82) is 5.26 Å². The van der Waals surface area contributed by atoms with E-state index in [9.17, 15) is 5.26 Å². The van der Waals surface area contributed by atoms with Crippen molar-refractivity contribution in [3.05, 3.63) is 69.7 Å². The number of nitrogens with zero attached hydrogens (tertiary/aromatic N) is 1. The first-order valence-corrected chi connectivity index (χ1v) is 6.69. The predicted octanol–water partition coefficient (Wildman–Crippen LogP) is 4.61. The molecule has 2 aromatic carbocycles. The molecular weight excluding hydrogens is 286 g/mol. The monoisotopic (exact) mass is 299 g/mol. The second-order valence-corrected chi connectivity index (χ2v) is 5.34. The summed E-state index contributed by atoms with van der Waals surface area (Å²) in [4.78, 5) is 0. The molecule has 0 saturated heterocycles. The lowest BCUT2D eigenvalue weighted by atomic mass is 9.92. The average molecular weight is 300 g/mol. The van der Waals surface area contributed by atoms with Gasteiger partial charge in [0.15, 0.2) is 0 Å². The molecule has 0 bridgehead atoms. The highest BCUT2D eigenvalue weighted by Gasteiger charge is 2.11. The van der Waals surface area contributed by atoms with Crippen LogP contribution in [-0.4, -0.2) is 0 Å². The fourth-order valence-electron chi connectivity index (χ4n) is 1.98. The van der Waals surface area contributed by atoms with E-state index >= 15 is 0 Å². The van der Waals surface area contributed by atoms with Gasteiger partial charge in [-0.2, -0.15) is 5.26 Å². The zero-order valence-corrected chi connectivity index (χ0v) is 11.8. The Kier molecular flexibility index (Phi) is 4.17. The molecule has 0 radical (unpaired) electrons. The largest absolute Gasteiger partial charge is 0.198 e. The van der Waals surface area contributed by atoms with E-state index in [0.29, 0.717) is 0 Å². The van der Waals surface area contributed by atoms with Gasteiger partial charge < -0.3 is 0 Å². The van der Waals surface area contributed by atoms with Gasteiger partial charge in [-0.05, 0) is 36.6 Å². The Morgan fingerprint density at radius 3 is 2.50 bits per heavy atom. The molecule has 1 unspecified atom stereocenters. The van der Waals surface area contributed by atoms with Crippen molar-refractivity contribution >= 4 is 15.9 Å². The third-order valence-electron chi connectivity index (χ3n) is 2.95. The smallest absolute Gasteiger partial charge is 0.0753 e. The van der Waals surface area contributed by atoms with Gasteiger partial charge in [-0.15, -0.1) is 0 Å². The second kappa shape index (κ2) is 5.84. The van der Waals surface area contributed by atoms with Crippen molar-refractivity contribution in [1.82, 2.24) is 0 Å². The van der Waals surface area contributed by atoms with Crippen LogP contribution in [0.4, 0.5) is 0 Å². The lowest BCUT2D eigenvalue weighted by molar-refractivity contribution is 0.847. The summed E-state index contributed by atoms with van der Waals surface area (Å²) in [6, 6.07) is 18.7. The van der Waals surface area contributed by atoms with Gasteiger partial charge in [-0.1, -0.05) is 57.9 Å². The van der Waals surface area contributed by atoms with E-state index < -0.39 is 0 Å². The van der Waals surface area contributed by atoms with Gasteiger partial charge >= 0.3 is 0 Å². The highest BCUT2D eigenvalue weighted by molar-refractivity contribution is 9.10. The van der Waals surface area contributed by atoms with Crippen molar-refractivity contribution < 1.29 is 0 Å². The molecule has 1 atom stereocenters. The first-order chi connectivity index (χ1) is 8.69. The lowest BCUT2D eigenvalue weighted by Gasteiger charge is -2.10. The van der Waals surface area contributed by atoms with E-state index in [1.54, 1.807) is 0 Å². The van der Waals surface area contributed by atoms with Gasteiger partial charge in [0, 0.05) is 4.47 Å². The van der Waals surface area contributed by atoms with E-state index in [4.69, 9.17) is 0 Å². The highest BCUT2D eigenvalue weighted by Crippen LogP contribution is 2.22. The molecule has 0 aliphatic heterocycles. The Morgan fingerprint density at radius 2 is 1.89 bits per heavy atom. The van der Waals surface area contributed by atoms with Crippen LogP contribution < -0.4 is 0 Å². The molecule has 18 heavy (non-hydrogen) atoms. The molecule has 0 heterocycles. The maximum absolute atomic E-state index is 9.33.